The second-order valence-electron chi connectivity index (χ2n) is 8.69. The number of hydrogen-bond acceptors (Lipinski definition) is 7. The number of likely N-dealkylation sites (tertiary alicyclic amines) is 1. The summed E-state index contributed by atoms with van der Waals surface area (Å²) in [5.74, 6) is 0.943. The molecule has 1 fully saturated rings. The quantitative estimate of drug-likeness (QED) is 0.271. The highest BCUT2D eigenvalue weighted by molar-refractivity contribution is 7.92. The molecule has 1 heterocycles. The van der Waals surface area contributed by atoms with Gasteiger partial charge >= 0.3 is 0 Å². The molecule has 0 aromatic heterocycles. The second-order valence-corrected chi connectivity index (χ2v) is 10.9. The van der Waals surface area contributed by atoms with E-state index >= 15 is 0 Å². The molecule has 3 aromatic rings. The van der Waals surface area contributed by atoms with Gasteiger partial charge in [0.25, 0.3) is 15.7 Å². The number of methoxy groups -OCH3 is 2. The van der Waals surface area contributed by atoms with Gasteiger partial charge in [-0.05, 0) is 48.7 Å². The Bertz CT molecular complexity index is 1360. The van der Waals surface area contributed by atoms with E-state index in [0.717, 1.165) is 0 Å². The molecule has 37 heavy (non-hydrogen) atoms. The number of piperidine rings is 1. The Morgan fingerprint density at radius 3 is 2.30 bits per heavy atom. The van der Waals surface area contributed by atoms with Crippen molar-refractivity contribution in [1.29, 1.82) is 0 Å². The van der Waals surface area contributed by atoms with Crippen molar-refractivity contribution in [3.63, 3.8) is 0 Å². The van der Waals surface area contributed by atoms with Crippen LogP contribution in [0.1, 0.15) is 18.4 Å². The van der Waals surface area contributed by atoms with E-state index in [0.29, 0.717) is 60.2 Å². The fourth-order valence-electron chi connectivity index (χ4n) is 4.56. The fraction of sp³-hybridized carbons (Fsp3) is 0.308. The van der Waals surface area contributed by atoms with Gasteiger partial charge in [-0.15, -0.1) is 0 Å². The monoisotopic (exact) mass is 545 g/mol. The topological polar surface area (TPSA) is 102 Å². The molecular formula is C26H28ClN3O6S. The number of anilines is 1. The lowest BCUT2D eigenvalue weighted by Gasteiger charge is -2.39. The Labute approximate surface area is 221 Å². The van der Waals surface area contributed by atoms with Crippen LogP contribution in [0.5, 0.6) is 11.5 Å². The van der Waals surface area contributed by atoms with Crippen LogP contribution < -0.4 is 13.8 Å². The lowest BCUT2D eigenvalue weighted by atomic mass is 10.0. The maximum absolute atomic E-state index is 13.9. The van der Waals surface area contributed by atoms with E-state index in [4.69, 9.17) is 21.1 Å². The molecule has 0 N–H and O–H groups in total. The number of hydrogen-bond donors (Lipinski definition) is 0. The molecule has 11 heteroatoms. The summed E-state index contributed by atoms with van der Waals surface area (Å²) in [4.78, 5) is 13.1. The van der Waals surface area contributed by atoms with E-state index in [1.54, 1.807) is 48.5 Å². The first-order valence-electron chi connectivity index (χ1n) is 11.7. The molecular weight excluding hydrogens is 518 g/mol. The molecule has 0 aliphatic carbocycles. The summed E-state index contributed by atoms with van der Waals surface area (Å²) in [7, 11) is -0.838. The van der Waals surface area contributed by atoms with Gasteiger partial charge in [-0.1, -0.05) is 29.8 Å². The zero-order valence-electron chi connectivity index (χ0n) is 20.5. The molecule has 9 nitrogen and oxygen atoms in total. The van der Waals surface area contributed by atoms with Crippen molar-refractivity contribution < 1.29 is 22.8 Å². The maximum Gasteiger partial charge on any atom is 0.269 e. The van der Waals surface area contributed by atoms with Gasteiger partial charge in [-0.3, -0.25) is 19.3 Å². The number of non-ortho nitro benzene ring substituents is 1. The molecule has 0 unspecified atom stereocenters. The van der Waals surface area contributed by atoms with Gasteiger partial charge in [0.2, 0.25) is 0 Å². The predicted molar refractivity (Wildman–Crippen MR) is 142 cm³/mol. The number of rotatable bonds is 9. The standard InChI is InChI=1S/C26H28ClN3O6S/c1-35-25-11-9-21(17-26(25)36-2)29(37(33,34)23-6-4-3-5-7-23)20-12-14-28(15-13-20)18-19-16-22(30(31)32)8-10-24(19)27/h3-11,16-17,20H,12-15,18H2,1-2H3. The summed E-state index contributed by atoms with van der Waals surface area (Å²) in [6, 6.07) is 17.5. The molecule has 0 atom stereocenters. The zero-order valence-corrected chi connectivity index (χ0v) is 22.1. The van der Waals surface area contributed by atoms with Gasteiger partial charge in [0, 0.05) is 48.9 Å². The summed E-state index contributed by atoms with van der Waals surface area (Å²) in [6.45, 7) is 1.63. The van der Waals surface area contributed by atoms with Gasteiger partial charge in [-0.2, -0.15) is 0 Å². The smallest absolute Gasteiger partial charge is 0.269 e. The predicted octanol–water partition coefficient (Wildman–Crippen LogP) is 5.13. The van der Waals surface area contributed by atoms with Crippen molar-refractivity contribution in [2.45, 2.75) is 30.3 Å². The van der Waals surface area contributed by atoms with Crippen LogP contribution in [0, 0.1) is 10.1 Å². The number of ether oxygens (including phenoxy) is 2. The average molecular weight is 546 g/mol. The van der Waals surface area contributed by atoms with E-state index < -0.39 is 14.9 Å². The minimum atomic E-state index is -3.87. The van der Waals surface area contributed by atoms with Crippen molar-refractivity contribution in [1.82, 2.24) is 4.90 Å². The molecule has 1 aliphatic rings. The Hall–Kier alpha value is -3.34. The number of sulfonamides is 1. The fourth-order valence-corrected chi connectivity index (χ4v) is 6.46. The van der Waals surface area contributed by atoms with Crippen molar-refractivity contribution in [3.05, 3.63) is 87.4 Å². The van der Waals surface area contributed by atoms with Gasteiger partial charge in [0.1, 0.15) is 0 Å². The number of nitro groups is 1. The minimum Gasteiger partial charge on any atom is -0.493 e. The van der Waals surface area contributed by atoms with Crippen LogP contribution in [0.15, 0.2) is 71.6 Å². The van der Waals surface area contributed by atoms with E-state index in [-0.39, 0.29) is 16.6 Å². The highest BCUT2D eigenvalue weighted by Crippen LogP contribution is 2.37. The van der Waals surface area contributed by atoms with Crippen molar-refractivity contribution in [2.24, 2.45) is 0 Å². The Kier molecular flexibility index (Phi) is 8.21. The summed E-state index contributed by atoms with van der Waals surface area (Å²) in [5, 5.41) is 11.6. The van der Waals surface area contributed by atoms with Crippen LogP contribution >= 0.6 is 11.6 Å². The Morgan fingerprint density at radius 1 is 1.00 bits per heavy atom. The second kappa shape index (κ2) is 11.4. The SMILES string of the molecule is COc1ccc(N(C2CCN(Cc3cc([N+](=O)[O-])ccc3Cl)CC2)S(=O)(=O)c2ccccc2)cc1OC. The molecule has 1 saturated heterocycles. The largest absolute Gasteiger partial charge is 0.493 e. The highest BCUT2D eigenvalue weighted by atomic mass is 35.5. The third-order valence-corrected chi connectivity index (χ3v) is 8.71. The number of benzene rings is 3. The van der Waals surface area contributed by atoms with Gasteiger partial charge < -0.3 is 9.47 Å². The van der Waals surface area contributed by atoms with E-state index in [2.05, 4.69) is 4.90 Å². The Balaban J connectivity index is 1.61. The van der Waals surface area contributed by atoms with Crippen molar-refractivity contribution in [3.8, 4) is 11.5 Å². The maximum atomic E-state index is 13.9. The average Bonchev–Trinajstić information content (AvgIpc) is 2.91. The summed E-state index contributed by atoms with van der Waals surface area (Å²) in [6.07, 6.45) is 1.12. The molecule has 0 bridgehead atoms. The van der Waals surface area contributed by atoms with Gasteiger partial charge in [0.05, 0.1) is 29.7 Å². The minimum absolute atomic E-state index is 0.0112. The number of nitrogens with zero attached hydrogens (tertiary/aromatic N) is 3. The molecule has 0 spiro atoms. The highest BCUT2D eigenvalue weighted by Gasteiger charge is 2.34. The van der Waals surface area contributed by atoms with E-state index in [1.807, 2.05) is 0 Å². The van der Waals surface area contributed by atoms with Gasteiger partial charge in [0.15, 0.2) is 11.5 Å². The van der Waals surface area contributed by atoms with E-state index in [9.17, 15) is 18.5 Å². The lowest BCUT2D eigenvalue weighted by molar-refractivity contribution is -0.384. The molecule has 4 rings (SSSR count). The Morgan fingerprint density at radius 2 is 1.68 bits per heavy atom. The first-order chi connectivity index (χ1) is 17.7. The van der Waals surface area contributed by atoms with Gasteiger partial charge in [-0.25, -0.2) is 8.42 Å². The van der Waals surface area contributed by atoms with Crippen molar-refractivity contribution >= 4 is 33.0 Å². The van der Waals surface area contributed by atoms with Crippen LogP contribution in [0.25, 0.3) is 0 Å². The summed E-state index contributed by atoms with van der Waals surface area (Å²) >= 11 is 6.30. The zero-order chi connectivity index (χ0) is 26.6. The molecule has 196 valence electrons. The van der Waals surface area contributed by atoms with E-state index in [1.165, 1.54) is 36.7 Å². The third-order valence-electron chi connectivity index (χ3n) is 6.44. The normalized spacial score (nSPS) is 14.8. The molecule has 0 radical (unpaired) electrons. The molecule has 0 saturated carbocycles. The molecule has 1 aliphatic heterocycles. The van der Waals surface area contributed by atoms with Crippen LogP contribution in [0.4, 0.5) is 11.4 Å². The molecule has 0 amide bonds. The third kappa shape index (κ3) is 5.82. The van der Waals surface area contributed by atoms with Crippen LogP contribution in [0.3, 0.4) is 0 Å². The number of nitro benzene ring substituents is 1. The van der Waals surface area contributed by atoms with Crippen LogP contribution in [-0.4, -0.2) is 51.6 Å². The summed E-state index contributed by atoms with van der Waals surface area (Å²) < 4.78 is 40.0. The van der Waals surface area contributed by atoms with Crippen molar-refractivity contribution in [2.75, 3.05) is 31.6 Å². The van der Waals surface area contributed by atoms with Crippen LogP contribution in [0.2, 0.25) is 5.02 Å². The first kappa shape index (κ1) is 26.7. The number of halogens is 1. The van der Waals surface area contributed by atoms with Crippen LogP contribution in [-0.2, 0) is 16.6 Å². The summed E-state index contributed by atoms with van der Waals surface area (Å²) in [5.41, 5.74) is 1.15. The first-order valence-corrected chi connectivity index (χ1v) is 13.5. The lowest BCUT2D eigenvalue weighted by Crippen LogP contribution is -2.47. The molecule has 3 aromatic carbocycles.